The Hall–Kier alpha value is -3.72. The molecule has 5 rings (SSSR count). The van der Waals surface area contributed by atoms with Crippen molar-refractivity contribution in [3.63, 3.8) is 0 Å². The monoisotopic (exact) mass is 417 g/mol. The van der Waals surface area contributed by atoms with Crippen LogP contribution in [0.25, 0.3) is 16.9 Å². The number of likely N-dealkylation sites (N-methyl/N-ethyl adjacent to an activating group) is 1. The van der Waals surface area contributed by atoms with Crippen molar-refractivity contribution < 1.29 is 0 Å². The molecule has 9 heteroatoms. The molecule has 0 aliphatic carbocycles. The largest absolute Gasteiger partial charge is 0.354 e. The van der Waals surface area contributed by atoms with Crippen LogP contribution in [-0.2, 0) is 0 Å². The van der Waals surface area contributed by atoms with E-state index >= 15 is 0 Å². The number of nitrogens with one attached hydrogen (secondary N) is 2. The van der Waals surface area contributed by atoms with Crippen molar-refractivity contribution >= 4 is 23.0 Å². The number of hydrogen-bond acceptors (Lipinski definition) is 7. The summed E-state index contributed by atoms with van der Waals surface area (Å²) in [4.78, 5) is 18.3. The molecule has 0 bridgehead atoms. The first kappa shape index (κ1) is 20.5. The van der Waals surface area contributed by atoms with Crippen molar-refractivity contribution in [3.8, 4) is 11.3 Å². The van der Waals surface area contributed by atoms with E-state index in [1.54, 1.807) is 18.5 Å². The molecule has 1 aliphatic heterocycles. The number of rotatable bonds is 4. The molecule has 31 heavy (non-hydrogen) atoms. The highest BCUT2D eigenvalue weighted by Gasteiger charge is 2.15. The number of nitrogens with zero attached hydrogens (tertiary/aromatic N) is 7. The maximum atomic E-state index is 4.63. The van der Waals surface area contributed by atoms with Crippen molar-refractivity contribution in [1.82, 2.24) is 34.4 Å². The number of H-pyrrole nitrogens is 1. The summed E-state index contributed by atoms with van der Waals surface area (Å²) in [6.45, 7) is 9.38. The van der Waals surface area contributed by atoms with Gasteiger partial charge in [-0.1, -0.05) is 6.08 Å². The average Bonchev–Trinajstić information content (AvgIpc) is 3.49. The Balaban J connectivity index is 0.000000730. The molecule has 4 aromatic heterocycles. The topological polar surface area (TPSA) is 90.3 Å². The van der Waals surface area contributed by atoms with Gasteiger partial charge < -0.3 is 15.1 Å². The molecule has 0 spiro atoms. The molecule has 0 unspecified atom stereocenters. The first-order chi connectivity index (χ1) is 15.2. The van der Waals surface area contributed by atoms with Crippen LogP contribution in [0.2, 0.25) is 0 Å². The Kier molecular flexibility index (Phi) is 6.23. The summed E-state index contributed by atoms with van der Waals surface area (Å²) in [7, 11) is 2.15. The highest BCUT2D eigenvalue weighted by molar-refractivity contribution is 5.73. The van der Waals surface area contributed by atoms with E-state index in [1.807, 2.05) is 42.2 Å². The molecule has 1 saturated heterocycles. The van der Waals surface area contributed by atoms with Gasteiger partial charge in [0, 0.05) is 50.3 Å². The van der Waals surface area contributed by atoms with Gasteiger partial charge in [-0.05, 0) is 26.1 Å². The lowest BCUT2D eigenvalue weighted by Gasteiger charge is -2.33. The molecule has 1 aliphatic rings. The number of aromatic nitrogens is 6. The zero-order chi connectivity index (χ0) is 21.6. The normalized spacial score (nSPS) is 14.2. The van der Waals surface area contributed by atoms with Crippen LogP contribution in [0.4, 0.5) is 17.3 Å². The van der Waals surface area contributed by atoms with Gasteiger partial charge in [-0.15, -0.1) is 6.58 Å². The van der Waals surface area contributed by atoms with E-state index in [-0.39, 0.29) is 0 Å². The lowest BCUT2D eigenvalue weighted by Crippen LogP contribution is -2.44. The molecule has 4 aromatic rings. The number of piperazine rings is 1. The highest BCUT2D eigenvalue weighted by atomic mass is 15.3. The number of allylic oxidation sites excluding steroid dienone is 1. The Morgan fingerprint density at radius 3 is 2.55 bits per heavy atom. The summed E-state index contributed by atoms with van der Waals surface area (Å²) in [5.41, 5.74) is 3.52. The second-order valence-corrected chi connectivity index (χ2v) is 7.33. The van der Waals surface area contributed by atoms with E-state index in [0.29, 0.717) is 5.82 Å². The second-order valence-electron chi connectivity index (χ2n) is 7.33. The van der Waals surface area contributed by atoms with E-state index in [0.717, 1.165) is 54.6 Å². The van der Waals surface area contributed by atoms with Crippen LogP contribution >= 0.6 is 0 Å². The van der Waals surface area contributed by atoms with E-state index < -0.39 is 0 Å². The number of pyridine rings is 1. The number of anilines is 3. The SMILES string of the molecule is C=CC.CN1CCN(c2ccc(Nc3ncc(-c4cn[nH]c4)n4ccnc34)cn2)CC1. The molecular weight excluding hydrogens is 390 g/mol. The zero-order valence-corrected chi connectivity index (χ0v) is 17.9. The summed E-state index contributed by atoms with van der Waals surface area (Å²) in [6, 6.07) is 4.09. The summed E-state index contributed by atoms with van der Waals surface area (Å²) in [5.74, 6) is 1.69. The van der Waals surface area contributed by atoms with Crippen LogP contribution in [0, 0.1) is 0 Å². The van der Waals surface area contributed by atoms with Crippen molar-refractivity contribution in [3.05, 3.63) is 62.0 Å². The Labute approximate surface area is 181 Å². The Morgan fingerprint density at radius 2 is 1.87 bits per heavy atom. The summed E-state index contributed by atoms with van der Waals surface area (Å²) < 4.78 is 1.99. The molecule has 0 amide bonds. The third kappa shape index (κ3) is 4.56. The van der Waals surface area contributed by atoms with Crippen LogP contribution in [-0.4, -0.2) is 67.7 Å². The number of fused-ring (bicyclic) bond motifs is 1. The van der Waals surface area contributed by atoms with Gasteiger partial charge >= 0.3 is 0 Å². The van der Waals surface area contributed by atoms with Crippen LogP contribution in [0.3, 0.4) is 0 Å². The van der Waals surface area contributed by atoms with Crippen molar-refractivity contribution in [2.45, 2.75) is 6.92 Å². The molecule has 0 saturated carbocycles. The molecule has 0 atom stereocenters. The third-order valence-electron chi connectivity index (χ3n) is 5.06. The second kappa shape index (κ2) is 9.40. The van der Waals surface area contributed by atoms with Gasteiger partial charge in [0.2, 0.25) is 0 Å². The number of hydrogen-bond donors (Lipinski definition) is 2. The van der Waals surface area contributed by atoms with Gasteiger partial charge in [-0.2, -0.15) is 5.10 Å². The van der Waals surface area contributed by atoms with E-state index in [9.17, 15) is 0 Å². The fourth-order valence-electron chi connectivity index (χ4n) is 3.43. The molecule has 5 heterocycles. The fourth-order valence-corrected chi connectivity index (χ4v) is 3.43. The minimum Gasteiger partial charge on any atom is -0.354 e. The van der Waals surface area contributed by atoms with Gasteiger partial charge in [0.05, 0.1) is 30.0 Å². The maximum absolute atomic E-state index is 4.63. The standard InChI is InChI=1S/C19H21N9.C3H6/c1-26-6-8-27(9-7-26)17-3-2-15(12-21-17)25-18-19-20-4-5-28(19)16(13-22-18)14-10-23-24-11-14;1-3-2/h2-5,10-13H,6-9H2,1H3,(H,22,25)(H,23,24);3H,1H2,2H3. The van der Waals surface area contributed by atoms with Gasteiger partial charge in [0.25, 0.3) is 0 Å². The first-order valence-corrected chi connectivity index (χ1v) is 10.2. The van der Waals surface area contributed by atoms with Crippen LogP contribution in [0.1, 0.15) is 6.92 Å². The van der Waals surface area contributed by atoms with Gasteiger partial charge in [-0.3, -0.25) is 9.50 Å². The van der Waals surface area contributed by atoms with Crippen LogP contribution < -0.4 is 10.2 Å². The van der Waals surface area contributed by atoms with E-state index in [4.69, 9.17) is 0 Å². The minimum absolute atomic E-state index is 0.686. The van der Waals surface area contributed by atoms with Crippen LogP contribution in [0.5, 0.6) is 0 Å². The van der Waals surface area contributed by atoms with Gasteiger partial charge in [0.15, 0.2) is 11.5 Å². The van der Waals surface area contributed by atoms with E-state index in [2.05, 4.69) is 60.0 Å². The quantitative estimate of drug-likeness (QED) is 0.493. The van der Waals surface area contributed by atoms with Gasteiger partial charge in [0.1, 0.15) is 5.82 Å². The lowest BCUT2D eigenvalue weighted by atomic mass is 10.2. The molecule has 160 valence electrons. The smallest absolute Gasteiger partial charge is 0.180 e. The van der Waals surface area contributed by atoms with Crippen molar-refractivity contribution in [2.24, 2.45) is 0 Å². The summed E-state index contributed by atoms with van der Waals surface area (Å²) >= 11 is 0. The maximum Gasteiger partial charge on any atom is 0.180 e. The summed E-state index contributed by atoms with van der Waals surface area (Å²) in [5, 5.41) is 10.2. The average molecular weight is 418 g/mol. The molecular formula is C22H27N9. The minimum atomic E-state index is 0.686. The molecule has 0 aromatic carbocycles. The van der Waals surface area contributed by atoms with Gasteiger partial charge in [-0.25, -0.2) is 15.0 Å². The molecule has 2 N–H and O–H groups in total. The predicted octanol–water partition coefficient (Wildman–Crippen LogP) is 3.20. The van der Waals surface area contributed by atoms with E-state index in [1.165, 1.54) is 0 Å². The first-order valence-electron chi connectivity index (χ1n) is 10.2. The van der Waals surface area contributed by atoms with Crippen LogP contribution in [0.15, 0.2) is 62.0 Å². The molecule has 0 radical (unpaired) electrons. The highest BCUT2D eigenvalue weighted by Crippen LogP contribution is 2.25. The number of imidazole rings is 1. The molecule has 1 fully saturated rings. The summed E-state index contributed by atoms with van der Waals surface area (Å²) in [6.07, 6.45) is 12.7. The van der Waals surface area contributed by atoms with Crippen molar-refractivity contribution in [2.75, 3.05) is 43.4 Å². The predicted molar refractivity (Wildman–Crippen MR) is 124 cm³/mol. The lowest BCUT2D eigenvalue weighted by molar-refractivity contribution is 0.312. The van der Waals surface area contributed by atoms with Crippen molar-refractivity contribution in [1.29, 1.82) is 0 Å². The fraction of sp³-hybridized carbons (Fsp3) is 0.273. The molecule has 9 nitrogen and oxygen atoms in total. The Morgan fingerprint density at radius 1 is 1.06 bits per heavy atom. The number of aromatic amines is 1. The third-order valence-corrected chi connectivity index (χ3v) is 5.06. The Bertz CT molecular complexity index is 1110. The zero-order valence-electron chi connectivity index (χ0n) is 17.9.